The first-order valence-corrected chi connectivity index (χ1v) is 9.29. The van der Waals surface area contributed by atoms with Crippen LogP contribution in [0.1, 0.15) is 54.9 Å². The Morgan fingerprint density at radius 1 is 0.963 bits per heavy atom. The lowest BCUT2D eigenvalue weighted by Gasteiger charge is -2.20. The lowest BCUT2D eigenvalue weighted by atomic mass is 9.88. The second-order valence-corrected chi connectivity index (χ2v) is 6.78. The topological polar surface area (TPSA) is 83.4 Å². The third kappa shape index (κ3) is 5.23. The van der Waals surface area contributed by atoms with Gasteiger partial charge in [-0.3, -0.25) is 14.6 Å². The second-order valence-electron chi connectivity index (χ2n) is 6.78. The average Bonchev–Trinajstić information content (AvgIpc) is 2.73. The predicted octanol–water partition coefficient (Wildman–Crippen LogP) is 3.75. The lowest BCUT2D eigenvalue weighted by molar-refractivity contribution is -0.120. The molecule has 27 heavy (non-hydrogen) atoms. The normalized spacial score (nSPS) is 15.2. The molecule has 6 heteroatoms. The van der Waals surface area contributed by atoms with Crippen molar-refractivity contribution in [1.82, 2.24) is 10.4 Å². The molecule has 1 aliphatic carbocycles. The van der Waals surface area contributed by atoms with E-state index in [2.05, 4.69) is 20.8 Å². The molecule has 2 aromatic rings. The SMILES string of the molecule is C/C(=N\NC(=O)c1ccncc1)c1ccc(NC(=O)C2CCCCC2)cc1. The van der Waals surface area contributed by atoms with E-state index in [-0.39, 0.29) is 17.7 Å². The average molecular weight is 364 g/mol. The first kappa shape index (κ1) is 18.8. The number of nitrogens with one attached hydrogen (secondary N) is 2. The van der Waals surface area contributed by atoms with Crippen molar-refractivity contribution in [2.75, 3.05) is 5.32 Å². The zero-order valence-corrected chi connectivity index (χ0v) is 15.4. The first-order chi connectivity index (χ1) is 13.1. The number of hydrogen-bond donors (Lipinski definition) is 2. The molecule has 1 saturated carbocycles. The minimum absolute atomic E-state index is 0.109. The van der Waals surface area contributed by atoms with Crippen LogP contribution in [-0.4, -0.2) is 22.5 Å². The van der Waals surface area contributed by atoms with Crippen LogP contribution in [-0.2, 0) is 4.79 Å². The summed E-state index contributed by atoms with van der Waals surface area (Å²) >= 11 is 0. The van der Waals surface area contributed by atoms with Crippen LogP contribution in [0, 0.1) is 5.92 Å². The molecule has 2 N–H and O–H groups in total. The first-order valence-electron chi connectivity index (χ1n) is 9.29. The molecule has 0 bridgehead atoms. The molecule has 1 fully saturated rings. The fourth-order valence-corrected chi connectivity index (χ4v) is 3.17. The molecule has 0 radical (unpaired) electrons. The molecule has 2 amide bonds. The summed E-state index contributed by atoms with van der Waals surface area (Å²) in [5, 5.41) is 7.14. The zero-order valence-electron chi connectivity index (χ0n) is 15.4. The Morgan fingerprint density at radius 2 is 1.63 bits per heavy atom. The van der Waals surface area contributed by atoms with E-state index in [0.29, 0.717) is 11.3 Å². The van der Waals surface area contributed by atoms with E-state index in [4.69, 9.17) is 0 Å². The summed E-state index contributed by atoms with van der Waals surface area (Å²) in [6.45, 7) is 1.82. The van der Waals surface area contributed by atoms with Crippen LogP contribution >= 0.6 is 0 Å². The quantitative estimate of drug-likeness (QED) is 0.626. The van der Waals surface area contributed by atoms with Crippen LogP contribution in [0.4, 0.5) is 5.69 Å². The third-order valence-electron chi connectivity index (χ3n) is 4.81. The maximum absolute atomic E-state index is 12.3. The van der Waals surface area contributed by atoms with Gasteiger partial charge in [0.15, 0.2) is 0 Å². The fourth-order valence-electron chi connectivity index (χ4n) is 3.17. The van der Waals surface area contributed by atoms with Crippen molar-refractivity contribution in [3.05, 3.63) is 59.9 Å². The second kappa shape index (κ2) is 9.07. The fraction of sp³-hybridized carbons (Fsp3) is 0.333. The molecule has 0 spiro atoms. The van der Waals surface area contributed by atoms with Crippen LogP contribution in [0.25, 0.3) is 0 Å². The molecule has 1 aliphatic rings. The van der Waals surface area contributed by atoms with Gasteiger partial charge < -0.3 is 5.32 Å². The molecule has 0 unspecified atom stereocenters. The van der Waals surface area contributed by atoms with E-state index < -0.39 is 0 Å². The number of benzene rings is 1. The van der Waals surface area contributed by atoms with Gasteiger partial charge in [0.25, 0.3) is 5.91 Å². The number of amides is 2. The maximum Gasteiger partial charge on any atom is 0.271 e. The predicted molar refractivity (Wildman–Crippen MR) is 106 cm³/mol. The van der Waals surface area contributed by atoms with E-state index in [1.807, 2.05) is 31.2 Å². The summed E-state index contributed by atoms with van der Waals surface area (Å²) in [4.78, 5) is 28.2. The number of carbonyl (C=O) groups excluding carboxylic acids is 2. The van der Waals surface area contributed by atoms with Crippen LogP contribution < -0.4 is 10.7 Å². The van der Waals surface area contributed by atoms with E-state index in [1.165, 1.54) is 6.42 Å². The number of hydrogen-bond acceptors (Lipinski definition) is 4. The summed E-state index contributed by atoms with van der Waals surface area (Å²) in [6, 6.07) is 10.7. The number of anilines is 1. The summed E-state index contributed by atoms with van der Waals surface area (Å²) < 4.78 is 0. The van der Waals surface area contributed by atoms with Crippen molar-refractivity contribution in [2.24, 2.45) is 11.0 Å². The van der Waals surface area contributed by atoms with Gasteiger partial charge in [0, 0.05) is 29.6 Å². The van der Waals surface area contributed by atoms with Crippen LogP contribution in [0.15, 0.2) is 53.9 Å². The van der Waals surface area contributed by atoms with Crippen LogP contribution in [0.5, 0.6) is 0 Å². The molecule has 0 saturated heterocycles. The van der Waals surface area contributed by atoms with E-state index >= 15 is 0 Å². The minimum Gasteiger partial charge on any atom is -0.326 e. The number of pyridine rings is 1. The summed E-state index contributed by atoms with van der Waals surface area (Å²) in [5.41, 5.74) is 5.38. The van der Waals surface area contributed by atoms with Crippen molar-refractivity contribution >= 4 is 23.2 Å². The summed E-state index contributed by atoms with van der Waals surface area (Å²) in [7, 11) is 0. The van der Waals surface area contributed by atoms with E-state index in [9.17, 15) is 9.59 Å². The van der Waals surface area contributed by atoms with Crippen molar-refractivity contribution in [1.29, 1.82) is 0 Å². The van der Waals surface area contributed by atoms with Gasteiger partial charge in [-0.1, -0.05) is 31.4 Å². The smallest absolute Gasteiger partial charge is 0.271 e. The van der Waals surface area contributed by atoms with Gasteiger partial charge in [-0.05, 0) is 49.6 Å². The standard InChI is InChI=1S/C21H24N4O2/c1-15(24-25-21(27)18-11-13-22-14-12-18)16-7-9-19(10-8-16)23-20(26)17-5-3-2-4-6-17/h7-14,17H,2-6H2,1H3,(H,23,26)(H,25,27)/b24-15+. The highest BCUT2D eigenvalue weighted by Gasteiger charge is 2.20. The number of carbonyl (C=O) groups is 2. The maximum atomic E-state index is 12.3. The Kier molecular flexibility index (Phi) is 6.30. The Labute approximate surface area is 159 Å². The van der Waals surface area contributed by atoms with Gasteiger partial charge in [0.05, 0.1) is 5.71 Å². The van der Waals surface area contributed by atoms with Gasteiger partial charge in [-0.2, -0.15) is 5.10 Å². The van der Waals surface area contributed by atoms with Crippen LogP contribution in [0.2, 0.25) is 0 Å². The molecule has 140 valence electrons. The highest BCUT2D eigenvalue weighted by molar-refractivity contribution is 6.01. The molecule has 1 heterocycles. The largest absolute Gasteiger partial charge is 0.326 e. The molecule has 1 aromatic heterocycles. The zero-order chi connectivity index (χ0) is 19.1. The Bertz CT molecular complexity index is 810. The van der Waals surface area contributed by atoms with Crippen molar-refractivity contribution in [2.45, 2.75) is 39.0 Å². The Hall–Kier alpha value is -3.02. The van der Waals surface area contributed by atoms with E-state index in [1.54, 1.807) is 24.5 Å². The van der Waals surface area contributed by atoms with Crippen LogP contribution in [0.3, 0.4) is 0 Å². The van der Waals surface area contributed by atoms with Gasteiger partial charge in [0.2, 0.25) is 5.91 Å². The molecular weight excluding hydrogens is 340 g/mol. The third-order valence-corrected chi connectivity index (χ3v) is 4.81. The minimum atomic E-state index is -0.284. The lowest BCUT2D eigenvalue weighted by Crippen LogP contribution is -2.24. The number of nitrogens with zero attached hydrogens (tertiary/aromatic N) is 2. The Balaban J connectivity index is 1.57. The molecule has 6 nitrogen and oxygen atoms in total. The monoisotopic (exact) mass is 364 g/mol. The van der Waals surface area contributed by atoms with Gasteiger partial charge in [0.1, 0.15) is 0 Å². The Morgan fingerprint density at radius 3 is 2.30 bits per heavy atom. The highest BCUT2D eigenvalue weighted by Crippen LogP contribution is 2.25. The molecular formula is C21H24N4O2. The number of aromatic nitrogens is 1. The highest BCUT2D eigenvalue weighted by atomic mass is 16.2. The molecule has 3 rings (SSSR count). The van der Waals surface area contributed by atoms with E-state index in [0.717, 1.165) is 36.9 Å². The van der Waals surface area contributed by atoms with Gasteiger partial charge in [-0.15, -0.1) is 0 Å². The van der Waals surface area contributed by atoms with Crippen molar-refractivity contribution < 1.29 is 9.59 Å². The summed E-state index contributed by atoms with van der Waals surface area (Å²) in [5.74, 6) is -0.0457. The summed E-state index contributed by atoms with van der Waals surface area (Å²) in [6.07, 6.45) is 8.59. The molecule has 0 aliphatic heterocycles. The molecule has 0 atom stereocenters. The number of hydrazone groups is 1. The van der Waals surface area contributed by atoms with Crippen molar-refractivity contribution in [3.8, 4) is 0 Å². The van der Waals surface area contributed by atoms with Gasteiger partial charge >= 0.3 is 0 Å². The number of rotatable bonds is 5. The van der Waals surface area contributed by atoms with Crippen molar-refractivity contribution in [3.63, 3.8) is 0 Å². The molecule has 1 aromatic carbocycles. The van der Waals surface area contributed by atoms with Gasteiger partial charge in [-0.25, -0.2) is 5.43 Å².